The highest BCUT2D eigenvalue weighted by molar-refractivity contribution is 7.99. The number of carbonyl (C=O) groups is 1. The predicted molar refractivity (Wildman–Crippen MR) is 100.0 cm³/mol. The van der Waals surface area contributed by atoms with Crippen molar-refractivity contribution < 1.29 is 4.79 Å². The van der Waals surface area contributed by atoms with Crippen LogP contribution in [0.25, 0.3) is 0 Å². The number of nitrogens with zero attached hydrogens (tertiary/aromatic N) is 4. The molecule has 0 bridgehead atoms. The number of allylic oxidation sites excluding steroid dienone is 1. The van der Waals surface area contributed by atoms with Gasteiger partial charge in [-0.05, 0) is 38.2 Å². The van der Waals surface area contributed by atoms with Crippen molar-refractivity contribution in [3.05, 3.63) is 34.5 Å². The van der Waals surface area contributed by atoms with Gasteiger partial charge in [-0.3, -0.25) is 4.79 Å². The van der Waals surface area contributed by atoms with E-state index >= 15 is 0 Å². The summed E-state index contributed by atoms with van der Waals surface area (Å²) in [7, 11) is 0. The largest absolute Gasteiger partial charge is 0.316 e. The molecule has 0 aromatic carbocycles. The number of nitriles is 1. The Morgan fingerprint density at radius 2 is 2.28 bits per heavy atom. The van der Waals surface area contributed by atoms with Crippen LogP contribution in [0.1, 0.15) is 34.7 Å². The highest BCUT2D eigenvalue weighted by Crippen LogP contribution is 2.37. The van der Waals surface area contributed by atoms with Gasteiger partial charge in [0.1, 0.15) is 16.9 Å². The molecule has 6 nitrogen and oxygen atoms in total. The second kappa shape index (κ2) is 7.85. The number of aryl methyl sites for hydroxylation is 2. The number of amides is 1. The Labute approximate surface area is 155 Å². The lowest BCUT2D eigenvalue weighted by atomic mass is 9.96. The molecule has 0 atom stereocenters. The SMILES string of the molecule is C=CCn1c(C)nnc1SCC(=O)Nc1sc2c(c1C#N)CCCC2. The molecule has 0 unspecified atom stereocenters. The number of thioether (sulfide) groups is 1. The fraction of sp³-hybridized carbons (Fsp3) is 0.412. The third kappa shape index (κ3) is 3.78. The fourth-order valence-electron chi connectivity index (χ4n) is 2.87. The summed E-state index contributed by atoms with van der Waals surface area (Å²) in [6.07, 6.45) is 5.97. The zero-order chi connectivity index (χ0) is 17.8. The van der Waals surface area contributed by atoms with Crippen LogP contribution >= 0.6 is 23.1 Å². The molecule has 25 heavy (non-hydrogen) atoms. The van der Waals surface area contributed by atoms with Gasteiger partial charge in [-0.25, -0.2) is 0 Å². The number of rotatable bonds is 6. The highest BCUT2D eigenvalue weighted by Gasteiger charge is 2.22. The number of aromatic nitrogens is 3. The third-order valence-electron chi connectivity index (χ3n) is 4.08. The Hall–Kier alpha value is -2.11. The maximum atomic E-state index is 12.3. The minimum absolute atomic E-state index is 0.133. The number of fused-ring (bicyclic) bond motifs is 1. The Kier molecular flexibility index (Phi) is 5.56. The number of hydrogen-bond donors (Lipinski definition) is 1. The first kappa shape index (κ1) is 17.7. The van der Waals surface area contributed by atoms with Crippen LogP contribution < -0.4 is 5.32 Å². The fourth-order valence-corrected chi connectivity index (χ4v) is 4.92. The van der Waals surface area contributed by atoms with Gasteiger partial charge in [0.25, 0.3) is 0 Å². The Morgan fingerprint density at radius 3 is 3.04 bits per heavy atom. The van der Waals surface area contributed by atoms with Crippen LogP contribution in [0.4, 0.5) is 5.00 Å². The highest BCUT2D eigenvalue weighted by atomic mass is 32.2. The van der Waals surface area contributed by atoms with E-state index in [1.165, 1.54) is 16.6 Å². The summed E-state index contributed by atoms with van der Waals surface area (Å²) in [5, 5.41) is 21.9. The molecule has 1 aliphatic carbocycles. The van der Waals surface area contributed by atoms with E-state index in [-0.39, 0.29) is 11.7 Å². The van der Waals surface area contributed by atoms with Crippen molar-refractivity contribution in [2.45, 2.75) is 44.3 Å². The zero-order valence-electron chi connectivity index (χ0n) is 14.0. The van der Waals surface area contributed by atoms with Crippen molar-refractivity contribution in [3.8, 4) is 6.07 Å². The van der Waals surface area contributed by atoms with Crippen LogP contribution in [0, 0.1) is 18.3 Å². The number of carbonyl (C=O) groups excluding carboxylic acids is 1. The topological polar surface area (TPSA) is 83.6 Å². The predicted octanol–water partition coefficient (Wildman–Crippen LogP) is 3.32. The van der Waals surface area contributed by atoms with Crippen LogP contribution in [0.5, 0.6) is 0 Å². The third-order valence-corrected chi connectivity index (χ3v) is 6.26. The van der Waals surface area contributed by atoms with E-state index in [9.17, 15) is 10.1 Å². The van der Waals surface area contributed by atoms with Crippen molar-refractivity contribution in [3.63, 3.8) is 0 Å². The normalized spacial score (nSPS) is 13.1. The van der Waals surface area contributed by atoms with Gasteiger partial charge in [-0.15, -0.1) is 28.1 Å². The van der Waals surface area contributed by atoms with Crippen molar-refractivity contribution in [2.75, 3.05) is 11.1 Å². The summed E-state index contributed by atoms with van der Waals surface area (Å²) >= 11 is 2.88. The van der Waals surface area contributed by atoms with Crippen molar-refractivity contribution in [2.24, 2.45) is 0 Å². The summed E-state index contributed by atoms with van der Waals surface area (Å²) in [6.45, 7) is 6.21. The van der Waals surface area contributed by atoms with Gasteiger partial charge in [-0.2, -0.15) is 5.26 Å². The maximum absolute atomic E-state index is 12.3. The minimum atomic E-state index is -0.133. The molecule has 0 saturated heterocycles. The Bertz CT molecular complexity index is 846. The summed E-state index contributed by atoms with van der Waals surface area (Å²) in [6, 6.07) is 2.26. The first-order valence-corrected chi connectivity index (χ1v) is 9.92. The first-order chi connectivity index (χ1) is 12.1. The van der Waals surface area contributed by atoms with Gasteiger partial charge < -0.3 is 9.88 Å². The summed E-state index contributed by atoms with van der Waals surface area (Å²) in [5.41, 5.74) is 1.77. The molecule has 0 aliphatic heterocycles. The molecule has 1 aliphatic rings. The second-order valence-corrected chi connectivity index (χ2v) is 7.84. The average molecular weight is 374 g/mol. The van der Waals surface area contributed by atoms with Gasteiger partial charge in [0.2, 0.25) is 5.91 Å². The molecular weight excluding hydrogens is 354 g/mol. The molecule has 0 spiro atoms. The molecular formula is C17H19N5OS2. The smallest absolute Gasteiger partial charge is 0.235 e. The molecule has 1 N–H and O–H groups in total. The van der Waals surface area contributed by atoms with Gasteiger partial charge in [0.15, 0.2) is 5.16 Å². The van der Waals surface area contributed by atoms with Crippen LogP contribution in [0.2, 0.25) is 0 Å². The van der Waals surface area contributed by atoms with Gasteiger partial charge in [0.05, 0.1) is 11.3 Å². The summed E-state index contributed by atoms with van der Waals surface area (Å²) < 4.78 is 1.91. The molecule has 2 aromatic heterocycles. The number of anilines is 1. The Balaban J connectivity index is 1.67. The molecule has 8 heteroatoms. The summed E-state index contributed by atoms with van der Waals surface area (Å²) in [4.78, 5) is 13.6. The van der Waals surface area contributed by atoms with E-state index in [4.69, 9.17) is 0 Å². The van der Waals surface area contributed by atoms with E-state index in [1.807, 2.05) is 11.5 Å². The van der Waals surface area contributed by atoms with E-state index < -0.39 is 0 Å². The van der Waals surface area contributed by atoms with E-state index in [0.717, 1.165) is 37.1 Å². The molecule has 2 aromatic rings. The zero-order valence-corrected chi connectivity index (χ0v) is 15.7. The average Bonchev–Trinajstić information content (AvgIpc) is 3.13. The molecule has 3 rings (SSSR count). The van der Waals surface area contributed by atoms with Crippen molar-refractivity contribution in [1.29, 1.82) is 5.26 Å². The lowest BCUT2D eigenvalue weighted by Gasteiger charge is -2.09. The molecule has 0 saturated carbocycles. The molecule has 130 valence electrons. The second-order valence-electron chi connectivity index (χ2n) is 5.79. The minimum Gasteiger partial charge on any atom is -0.316 e. The molecule has 0 fully saturated rings. The van der Waals surface area contributed by atoms with E-state index in [0.29, 0.717) is 22.3 Å². The van der Waals surface area contributed by atoms with Gasteiger partial charge >= 0.3 is 0 Å². The van der Waals surface area contributed by atoms with Crippen molar-refractivity contribution in [1.82, 2.24) is 14.8 Å². The molecule has 1 amide bonds. The monoisotopic (exact) mass is 373 g/mol. The lowest BCUT2D eigenvalue weighted by molar-refractivity contribution is -0.113. The summed E-state index contributed by atoms with van der Waals surface area (Å²) in [5.74, 6) is 0.884. The standard InChI is InChI=1S/C17H19N5OS2/c1-3-8-22-11(2)20-21-17(22)24-10-15(23)19-16-13(9-18)12-6-4-5-7-14(12)25-16/h3H,1,4-8,10H2,2H3,(H,19,23). The number of thiophene rings is 1. The van der Waals surface area contributed by atoms with Gasteiger partial charge in [0, 0.05) is 11.4 Å². The maximum Gasteiger partial charge on any atom is 0.235 e. The van der Waals surface area contributed by atoms with Crippen molar-refractivity contribution >= 4 is 34.0 Å². The van der Waals surface area contributed by atoms with Crippen LogP contribution in [0.3, 0.4) is 0 Å². The van der Waals surface area contributed by atoms with Crippen LogP contribution in [-0.4, -0.2) is 26.4 Å². The molecule has 2 heterocycles. The van der Waals surface area contributed by atoms with E-state index in [2.05, 4.69) is 28.2 Å². The molecule has 0 radical (unpaired) electrons. The number of hydrogen-bond acceptors (Lipinski definition) is 6. The quantitative estimate of drug-likeness (QED) is 0.620. The lowest BCUT2D eigenvalue weighted by Crippen LogP contribution is -2.14. The van der Waals surface area contributed by atoms with Crippen LogP contribution in [-0.2, 0) is 24.2 Å². The van der Waals surface area contributed by atoms with Gasteiger partial charge in [-0.1, -0.05) is 17.8 Å². The van der Waals surface area contributed by atoms with E-state index in [1.54, 1.807) is 17.4 Å². The Morgan fingerprint density at radius 1 is 1.48 bits per heavy atom. The first-order valence-electron chi connectivity index (χ1n) is 8.12. The van der Waals surface area contributed by atoms with Crippen LogP contribution in [0.15, 0.2) is 17.8 Å². The number of nitrogens with one attached hydrogen (secondary N) is 1.